The van der Waals surface area contributed by atoms with Gasteiger partial charge in [0.25, 0.3) is 10.0 Å². The van der Waals surface area contributed by atoms with Crippen molar-refractivity contribution in [1.82, 2.24) is 9.29 Å². The van der Waals surface area contributed by atoms with Crippen molar-refractivity contribution in [2.75, 3.05) is 11.9 Å². The lowest BCUT2D eigenvalue weighted by molar-refractivity contribution is -0.119. The number of amides is 1. The maximum Gasteiger partial charge on any atom is 0.253 e. The Balaban J connectivity index is 1.37. The van der Waals surface area contributed by atoms with Crippen molar-refractivity contribution < 1.29 is 13.2 Å². The maximum atomic E-state index is 12.9. The molecule has 144 valence electrons. The molecule has 1 aliphatic heterocycles. The summed E-state index contributed by atoms with van der Waals surface area (Å²) in [6, 6.07) is 10.7. The zero-order valence-electron chi connectivity index (χ0n) is 14.8. The van der Waals surface area contributed by atoms with Gasteiger partial charge in [0.1, 0.15) is 10.3 Å². The summed E-state index contributed by atoms with van der Waals surface area (Å²) in [5.41, 5.74) is 3.28. The minimum absolute atomic E-state index is 0.275. The van der Waals surface area contributed by atoms with Crippen LogP contribution in [-0.4, -0.2) is 36.2 Å². The number of thiazole rings is 1. The van der Waals surface area contributed by atoms with Crippen LogP contribution in [0.3, 0.4) is 0 Å². The lowest BCUT2D eigenvalue weighted by Crippen LogP contribution is -2.42. The summed E-state index contributed by atoms with van der Waals surface area (Å²) in [6.45, 7) is 0.361. The molecule has 3 heterocycles. The predicted molar refractivity (Wildman–Crippen MR) is 110 cm³/mol. The second kappa shape index (κ2) is 6.77. The minimum atomic E-state index is -3.64. The highest BCUT2D eigenvalue weighted by Crippen LogP contribution is 2.41. The lowest BCUT2D eigenvalue weighted by atomic mass is 10.1. The van der Waals surface area contributed by atoms with Gasteiger partial charge in [0, 0.05) is 23.4 Å². The van der Waals surface area contributed by atoms with Crippen LogP contribution in [0.25, 0.3) is 11.3 Å². The zero-order chi connectivity index (χ0) is 19.3. The maximum absolute atomic E-state index is 12.9. The lowest BCUT2D eigenvalue weighted by Gasteiger charge is -2.22. The zero-order valence-corrected chi connectivity index (χ0v) is 17.2. The van der Waals surface area contributed by atoms with Crippen LogP contribution in [0.4, 0.5) is 5.13 Å². The van der Waals surface area contributed by atoms with E-state index in [9.17, 15) is 13.2 Å². The molecule has 2 aliphatic rings. The molecular formula is C19H17N3O3S3. The Morgan fingerprint density at radius 1 is 1.21 bits per heavy atom. The van der Waals surface area contributed by atoms with Gasteiger partial charge in [-0.15, -0.1) is 22.7 Å². The van der Waals surface area contributed by atoms with Crippen LogP contribution in [0.2, 0.25) is 0 Å². The van der Waals surface area contributed by atoms with E-state index < -0.39 is 16.1 Å². The molecule has 0 saturated carbocycles. The molecule has 1 saturated heterocycles. The number of fused-ring (bicyclic) bond motifs is 3. The first-order valence-corrected chi connectivity index (χ1v) is 12.1. The molecule has 3 aromatic rings. The molecule has 1 N–H and O–H groups in total. The molecule has 1 aromatic carbocycles. The van der Waals surface area contributed by atoms with E-state index in [0.717, 1.165) is 22.6 Å². The van der Waals surface area contributed by atoms with Crippen LogP contribution in [0, 0.1) is 0 Å². The molecule has 1 amide bonds. The average Bonchev–Trinajstić information content (AvgIpc) is 3.44. The van der Waals surface area contributed by atoms with Crippen LogP contribution in [0.5, 0.6) is 0 Å². The summed E-state index contributed by atoms with van der Waals surface area (Å²) in [4.78, 5) is 18.6. The molecule has 1 fully saturated rings. The first kappa shape index (κ1) is 18.0. The molecule has 28 heavy (non-hydrogen) atoms. The number of nitrogens with zero attached hydrogens (tertiary/aromatic N) is 2. The first-order valence-electron chi connectivity index (χ1n) is 8.98. The van der Waals surface area contributed by atoms with Crippen LogP contribution in [0.1, 0.15) is 23.3 Å². The molecular weight excluding hydrogens is 414 g/mol. The summed E-state index contributed by atoms with van der Waals surface area (Å²) in [7, 11) is -3.64. The topological polar surface area (TPSA) is 79.4 Å². The Morgan fingerprint density at radius 3 is 2.89 bits per heavy atom. The number of thiophene rings is 1. The second-order valence-corrected chi connectivity index (χ2v) is 11.0. The highest BCUT2D eigenvalue weighted by molar-refractivity contribution is 7.91. The third kappa shape index (κ3) is 2.89. The van der Waals surface area contributed by atoms with Crippen LogP contribution < -0.4 is 5.32 Å². The van der Waals surface area contributed by atoms with E-state index in [1.54, 1.807) is 17.5 Å². The highest BCUT2D eigenvalue weighted by Gasteiger charge is 2.40. The summed E-state index contributed by atoms with van der Waals surface area (Å²) in [5.74, 6) is -0.307. The monoisotopic (exact) mass is 431 g/mol. The molecule has 1 atom stereocenters. The van der Waals surface area contributed by atoms with E-state index >= 15 is 0 Å². The van der Waals surface area contributed by atoms with Gasteiger partial charge in [0.05, 0.1) is 5.69 Å². The molecule has 5 rings (SSSR count). The number of hydrogen-bond acceptors (Lipinski definition) is 6. The smallest absolute Gasteiger partial charge is 0.253 e. The standard InChI is InChI=1S/C19H17N3O3S3/c23-18(14-7-3-9-22(14)28(24,25)16-8-4-10-26-16)21-19-20-17-13-6-2-1-5-12(13)11-15(17)27-19/h1-2,4-6,8,10,14H,3,7,9,11H2,(H,20,21,23). The Labute approximate surface area is 170 Å². The number of rotatable bonds is 4. The Morgan fingerprint density at radius 2 is 2.07 bits per heavy atom. The number of carbonyl (C=O) groups is 1. The van der Waals surface area contributed by atoms with Crippen molar-refractivity contribution in [3.8, 4) is 11.3 Å². The van der Waals surface area contributed by atoms with Crippen molar-refractivity contribution in [3.63, 3.8) is 0 Å². The number of nitrogens with one attached hydrogen (secondary N) is 1. The van der Waals surface area contributed by atoms with E-state index in [1.807, 2.05) is 18.2 Å². The number of hydrogen-bond donors (Lipinski definition) is 1. The predicted octanol–water partition coefficient (Wildman–Crippen LogP) is 3.57. The van der Waals surface area contributed by atoms with Crippen molar-refractivity contribution >= 4 is 43.7 Å². The molecule has 0 bridgehead atoms. The van der Waals surface area contributed by atoms with Gasteiger partial charge in [-0.1, -0.05) is 30.3 Å². The van der Waals surface area contributed by atoms with E-state index in [-0.39, 0.29) is 10.1 Å². The van der Waals surface area contributed by atoms with Gasteiger partial charge < -0.3 is 5.32 Å². The normalized spacial score (nSPS) is 18.8. The first-order chi connectivity index (χ1) is 13.5. The number of carbonyl (C=O) groups excluding carboxylic acids is 1. The molecule has 6 nitrogen and oxygen atoms in total. The number of sulfonamides is 1. The van der Waals surface area contributed by atoms with Crippen molar-refractivity contribution in [1.29, 1.82) is 0 Å². The largest absolute Gasteiger partial charge is 0.301 e. The quantitative estimate of drug-likeness (QED) is 0.536. The summed E-state index contributed by atoms with van der Waals surface area (Å²) < 4.78 is 27.3. The van der Waals surface area contributed by atoms with Crippen molar-refractivity contribution in [3.05, 3.63) is 52.2 Å². The van der Waals surface area contributed by atoms with E-state index in [2.05, 4.69) is 16.4 Å². The van der Waals surface area contributed by atoms with Crippen LogP contribution >= 0.6 is 22.7 Å². The summed E-state index contributed by atoms with van der Waals surface area (Å²) in [6.07, 6.45) is 2.01. The number of benzene rings is 1. The van der Waals surface area contributed by atoms with Crippen LogP contribution in [-0.2, 0) is 21.2 Å². The van der Waals surface area contributed by atoms with Gasteiger partial charge in [-0.05, 0) is 29.9 Å². The van der Waals surface area contributed by atoms with Crippen molar-refractivity contribution in [2.24, 2.45) is 0 Å². The van der Waals surface area contributed by atoms with Gasteiger partial charge >= 0.3 is 0 Å². The fourth-order valence-electron chi connectivity index (χ4n) is 3.82. The third-order valence-corrected chi connectivity index (χ3v) is 9.37. The van der Waals surface area contributed by atoms with Gasteiger partial charge in [0.2, 0.25) is 5.91 Å². The molecule has 9 heteroatoms. The SMILES string of the molecule is O=C(Nc1nc2c(s1)Cc1ccccc1-2)C1CCCN1S(=O)(=O)c1cccs1. The molecule has 0 spiro atoms. The number of aromatic nitrogens is 1. The van der Waals surface area contributed by atoms with Gasteiger partial charge in [-0.25, -0.2) is 13.4 Å². The average molecular weight is 432 g/mol. The molecule has 2 aromatic heterocycles. The molecule has 0 radical (unpaired) electrons. The van der Waals surface area contributed by atoms with E-state index in [0.29, 0.717) is 24.5 Å². The molecule has 1 aliphatic carbocycles. The number of anilines is 1. The van der Waals surface area contributed by atoms with Gasteiger partial charge in [0.15, 0.2) is 5.13 Å². The van der Waals surface area contributed by atoms with E-state index in [4.69, 9.17) is 0 Å². The van der Waals surface area contributed by atoms with Crippen LogP contribution in [0.15, 0.2) is 46.0 Å². The Bertz CT molecular complexity index is 1150. The minimum Gasteiger partial charge on any atom is -0.301 e. The third-order valence-electron chi connectivity index (χ3n) is 5.12. The highest BCUT2D eigenvalue weighted by atomic mass is 32.2. The van der Waals surface area contributed by atoms with E-state index in [1.165, 1.54) is 32.5 Å². The van der Waals surface area contributed by atoms with Crippen molar-refractivity contribution in [2.45, 2.75) is 29.5 Å². The Kier molecular flexibility index (Phi) is 4.35. The van der Waals surface area contributed by atoms with Gasteiger partial charge in [-0.3, -0.25) is 4.79 Å². The van der Waals surface area contributed by atoms with Gasteiger partial charge in [-0.2, -0.15) is 4.31 Å². The Hall–Kier alpha value is -2.07. The second-order valence-electron chi connectivity index (χ2n) is 6.82. The summed E-state index contributed by atoms with van der Waals surface area (Å²) >= 11 is 2.64. The fourth-order valence-corrected chi connectivity index (χ4v) is 7.60. The summed E-state index contributed by atoms with van der Waals surface area (Å²) in [5, 5.41) is 5.12. The molecule has 1 unspecified atom stereocenters. The fraction of sp³-hybridized carbons (Fsp3) is 0.263.